The van der Waals surface area contributed by atoms with E-state index in [0.29, 0.717) is 12.1 Å². The van der Waals surface area contributed by atoms with Crippen LogP contribution in [-0.4, -0.2) is 40.5 Å². The van der Waals surface area contributed by atoms with Crippen LogP contribution in [0, 0.1) is 5.92 Å². The van der Waals surface area contributed by atoms with Crippen molar-refractivity contribution < 1.29 is 9.47 Å². The van der Waals surface area contributed by atoms with Gasteiger partial charge in [-0.25, -0.2) is 0 Å². The molecule has 2 unspecified atom stereocenters. The monoisotopic (exact) mass is 327 g/mol. The number of piperidine rings is 1. The summed E-state index contributed by atoms with van der Waals surface area (Å²) >= 11 is 0. The van der Waals surface area contributed by atoms with Gasteiger partial charge in [-0.1, -0.05) is 0 Å². The Hall–Kier alpha value is -2.01. The van der Waals surface area contributed by atoms with E-state index in [1.807, 2.05) is 42.2 Å². The number of ether oxygens (including phenoxy) is 2. The van der Waals surface area contributed by atoms with Crippen molar-refractivity contribution in [2.24, 2.45) is 13.0 Å². The predicted octanol–water partition coefficient (Wildman–Crippen LogP) is 2.86. The molecule has 2 fully saturated rings. The lowest BCUT2D eigenvalue weighted by Crippen LogP contribution is -2.43. The van der Waals surface area contributed by atoms with Crippen molar-refractivity contribution in [3.63, 3.8) is 0 Å². The van der Waals surface area contributed by atoms with Crippen LogP contribution in [-0.2, 0) is 13.6 Å². The fourth-order valence-electron chi connectivity index (χ4n) is 4.28. The van der Waals surface area contributed by atoms with Gasteiger partial charge in [0, 0.05) is 37.4 Å². The molecule has 5 heteroatoms. The fraction of sp³-hybridized carbons (Fsp3) is 0.526. The molecule has 0 N–H and O–H groups in total. The van der Waals surface area contributed by atoms with Crippen LogP contribution in [0.15, 0.2) is 36.7 Å². The molecule has 0 spiro atoms. The first-order valence-electron chi connectivity index (χ1n) is 8.73. The van der Waals surface area contributed by atoms with Crippen molar-refractivity contribution in [2.45, 2.75) is 37.9 Å². The number of nitrogens with zero attached hydrogens (tertiary/aromatic N) is 3. The van der Waals surface area contributed by atoms with Gasteiger partial charge in [-0.05, 0) is 49.4 Å². The van der Waals surface area contributed by atoms with Crippen LogP contribution in [0.3, 0.4) is 0 Å². The third-order valence-corrected chi connectivity index (χ3v) is 5.49. The van der Waals surface area contributed by atoms with E-state index in [9.17, 15) is 0 Å². The quantitative estimate of drug-likeness (QED) is 0.818. The highest BCUT2D eigenvalue weighted by atomic mass is 16.5. The zero-order valence-corrected chi connectivity index (χ0v) is 14.4. The molecule has 5 nitrogen and oxygen atoms in total. The molecule has 1 aromatic heterocycles. The molecular weight excluding hydrogens is 302 g/mol. The summed E-state index contributed by atoms with van der Waals surface area (Å²) in [4.78, 5) is 2.63. The molecule has 1 aromatic carbocycles. The highest BCUT2D eigenvalue weighted by molar-refractivity contribution is 5.31. The summed E-state index contributed by atoms with van der Waals surface area (Å²) in [5, 5.41) is 4.30. The molecule has 2 aliphatic rings. The number of hydrogen-bond acceptors (Lipinski definition) is 4. The second-order valence-electron chi connectivity index (χ2n) is 6.98. The Balaban J connectivity index is 1.41. The van der Waals surface area contributed by atoms with E-state index < -0.39 is 0 Å². The third kappa shape index (κ3) is 3.00. The smallest absolute Gasteiger partial charge is 0.119 e. The van der Waals surface area contributed by atoms with Gasteiger partial charge in [-0.3, -0.25) is 9.58 Å². The normalized spacial score (nSPS) is 26.0. The van der Waals surface area contributed by atoms with Crippen molar-refractivity contribution in [1.82, 2.24) is 14.7 Å². The summed E-state index contributed by atoms with van der Waals surface area (Å²) in [5.74, 6) is 2.55. The third-order valence-electron chi connectivity index (χ3n) is 5.49. The van der Waals surface area contributed by atoms with E-state index in [2.05, 4.69) is 16.2 Å². The van der Waals surface area contributed by atoms with Gasteiger partial charge in [0.25, 0.3) is 0 Å². The number of hydrogen-bond donors (Lipinski definition) is 0. The second kappa shape index (κ2) is 6.48. The molecule has 1 saturated heterocycles. The van der Waals surface area contributed by atoms with E-state index >= 15 is 0 Å². The minimum absolute atomic E-state index is 0.506. The molecule has 2 bridgehead atoms. The van der Waals surface area contributed by atoms with Crippen molar-refractivity contribution >= 4 is 0 Å². The number of likely N-dealkylation sites (tertiary alicyclic amines) is 1. The first kappa shape index (κ1) is 15.5. The summed E-state index contributed by atoms with van der Waals surface area (Å²) in [7, 11) is 3.66. The molecule has 0 amide bonds. The summed E-state index contributed by atoms with van der Waals surface area (Å²) in [5.41, 5.74) is 1.29. The Kier molecular flexibility index (Phi) is 4.19. The highest BCUT2D eigenvalue weighted by Crippen LogP contribution is 2.43. The first-order chi connectivity index (χ1) is 11.7. The van der Waals surface area contributed by atoms with E-state index in [-0.39, 0.29) is 0 Å². The minimum atomic E-state index is 0.506. The summed E-state index contributed by atoms with van der Waals surface area (Å²) in [6.07, 6.45) is 8.08. The largest absolute Gasteiger partial charge is 0.497 e. The van der Waals surface area contributed by atoms with Crippen LogP contribution in [0.4, 0.5) is 0 Å². The Morgan fingerprint density at radius 1 is 1.17 bits per heavy atom. The molecule has 2 aromatic rings. The van der Waals surface area contributed by atoms with Crippen LogP contribution in [0.1, 0.15) is 24.8 Å². The SMILES string of the molecule is COc1ccc(OC[C@@H]2C3CCC(C3)N2Cc2cnn(C)c2)cc1. The number of aromatic nitrogens is 2. The lowest BCUT2D eigenvalue weighted by molar-refractivity contribution is 0.0867. The van der Waals surface area contributed by atoms with E-state index in [1.165, 1.54) is 24.8 Å². The highest BCUT2D eigenvalue weighted by Gasteiger charge is 2.45. The van der Waals surface area contributed by atoms with Crippen molar-refractivity contribution in [1.29, 1.82) is 0 Å². The number of fused-ring (bicyclic) bond motifs is 2. The van der Waals surface area contributed by atoms with E-state index in [1.54, 1.807) is 7.11 Å². The van der Waals surface area contributed by atoms with Crippen molar-refractivity contribution in [2.75, 3.05) is 13.7 Å². The molecule has 1 saturated carbocycles. The summed E-state index contributed by atoms with van der Waals surface area (Å²) < 4.78 is 13.2. The van der Waals surface area contributed by atoms with Gasteiger partial charge in [-0.15, -0.1) is 0 Å². The fourth-order valence-corrected chi connectivity index (χ4v) is 4.28. The Morgan fingerprint density at radius 3 is 2.67 bits per heavy atom. The number of methoxy groups -OCH3 is 1. The van der Waals surface area contributed by atoms with Crippen LogP contribution in [0.2, 0.25) is 0 Å². The zero-order valence-electron chi connectivity index (χ0n) is 14.4. The van der Waals surface area contributed by atoms with Crippen LogP contribution in [0.25, 0.3) is 0 Å². The summed E-state index contributed by atoms with van der Waals surface area (Å²) in [6, 6.07) is 9.08. The van der Waals surface area contributed by atoms with Gasteiger partial charge < -0.3 is 9.47 Å². The number of aryl methyl sites for hydroxylation is 1. The first-order valence-corrected chi connectivity index (χ1v) is 8.73. The Morgan fingerprint density at radius 2 is 1.96 bits per heavy atom. The molecule has 2 heterocycles. The van der Waals surface area contributed by atoms with E-state index in [4.69, 9.17) is 9.47 Å². The lowest BCUT2D eigenvalue weighted by Gasteiger charge is -2.34. The average molecular weight is 327 g/mol. The minimum Gasteiger partial charge on any atom is -0.497 e. The molecule has 24 heavy (non-hydrogen) atoms. The van der Waals surface area contributed by atoms with Crippen molar-refractivity contribution in [3.8, 4) is 11.5 Å². The molecule has 1 aliphatic heterocycles. The maximum absolute atomic E-state index is 6.10. The van der Waals surface area contributed by atoms with Gasteiger partial charge in [0.1, 0.15) is 18.1 Å². The second-order valence-corrected chi connectivity index (χ2v) is 6.98. The molecular formula is C19H25N3O2. The predicted molar refractivity (Wildman–Crippen MR) is 92.2 cm³/mol. The zero-order chi connectivity index (χ0) is 16.5. The van der Waals surface area contributed by atoms with Crippen molar-refractivity contribution in [3.05, 3.63) is 42.2 Å². The Bertz CT molecular complexity index is 682. The molecule has 4 rings (SSSR count). The lowest BCUT2D eigenvalue weighted by atomic mass is 9.99. The van der Waals surface area contributed by atoms with Gasteiger partial charge in [-0.2, -0.15) is 5.10 Å². The van der Waals surface area contributed by atoms with Gasteiger partial charge in [0.2, 0.25) is 0 Å². The molecule has 1 aliphatic carbocycles. The van der Waals surface area contributed by atoms with Gasteiger partial charge in [0.15, 0.2) is 0 Å². The molecule has 0 radical (unpaired) electrons. The van der Waals surface area contributed by atoms with Crippen LogP contribution >= 0.6 is 0 Å². The Labute approximate surface area is 143 Å². The van der Waals surface area contributed by atoms with Crippen LogP contribution in [0.5, 0.6) is 11.5 Å². The average Bonchev–Trinajstić information content (AvgIpc) is 3.31. The number of rotatable bonds is 6. The number of benzene rings is 1. The molecule has 3 atom stereocenters. The summed E-state index contributed by atoms with van der Waals surface area (Å²) in [6.45, 7) is 1.74. The van der Waals surface area contributed by atoms with Crippen LogP contribution < -0.4 is 9.47 Å². The topological polar surface area (TPSA) is 39.5 Å². The maximum atomic E-state index is 6.10. The standard InChI is InChI=1S/C19H25N3O2/c1-21-11-14(10-20-21)12-22-16-4-3-15(9-16)19(22)13-24-18-7-5-17(23-2)6-8-18/h5-8,10-11,15-16,19H,3-4,9,12-13H2,1-2H3/t15?,16?,19-/m1/s1. The maximum Gasteiger partial charge on any atom is 0.119 e. The molecule has 128 valence electrons. The van der Waals surface area contributed by atoms with E-state index in [0.717, 1.165) is 30.6 Å². The van der Waals surface area contributed by atoms with Gasteiger partial charge in [0.05, 0.1) is 13.3 Å². The van der Waals surface area contributed by atoms with Gasteiger partial charge >= 0.3 is 0 Å².